The van der Waals surface area contributed by atoms with Crippen LogP contribution in [0.3, 0.4) is 0 Å². The number of anilines is 1. The Kier molecular flexibility index (Phi) is 5.59. The van der Waals surface area contributed by atoms with Crippen molar-refractivity contribution in [1.29, 1.82) is 0 Å². The first kappa shape index (κ1) is 18.9. The Hall–Kier alpha value is -2.45. The summed E-state index contributed by atoms with van der Waals surface area (Å²) in [5, 5.41) is 0.833. The maximum Gasteiger partial charge on any atom is 0.205 e. The third-order valence-electron chi connectivity index (χ3n) is 4.84. The van der Waals surface area contributed by atoms with Crippen LogP contribution >= 0.6 is 11.5 Å². The highest BCUT2D eigenvalue weighted by Crippen LogP contribution is 2.25. The fraction of sp³-hybridized carbons (Fsp3) is 0.300. The molecule has 1 aliphatic rings. The summed E-state index contributed by atoms with van der Waals surface area (Å²) in [5.41, 5.74) is 1.47. The van der Waals surface area contributed by atoms with Gasteiger partial charge < -0.3 is 4.90 Å². The Balaban J connectivity index is 1.31. The van der Waals surface area contributed by atoms with Gasteiger partial charge in [-0.15, -0.1) is 0 Å². The summed E-state index contributed by atoms with van der Waals surface area (Å²) in [6.07, 6.45) is 0.680. The molecule has 0 atom stereocenters. The average molecular weight is 404 g/mol. The Morgan fingerprint density at radius 1 is 0.929 bits per heavy atom. The Morgan fingerprint density at radius 2 is 1.75 bits per heavy atom. The molecule has 146 valence electrons. The molecule has 28 heavy (non-hydrogen) atoms. The van der Waals surface area contributed by atoms with E-state index in [-0.39, 0.29) is 5.82 Å². The fourth-order valence-corrected chi connectivity index (χ4v) is 3.97. The molecule has 1 aromatic heterocycles. The van der Waals surface area contributed by atoms with Crippen LogP contribution in [0.5, 0.6) is 0 Å². The van der Waals surface area contributed by atoms with Gasteiger partial charge in [-0.1, -0.05) is 18.2 Å². The van der Waals surface area contributed by atoms with Gasteiger partial charge in [0.25, 0.3) is 0 Å². The number of piperazine rings is 1. The highest BCUT2D eigenvalue weighted by molar-refractivity contribution is 7.09. The first-order chi connectivity index (χ1) is 13.6. The maximum absolute atomic E-state index is 13.4. The van der Waals surface area contributed by atoms with Crippen molar-refractivity contribution < 1.29 is 13.2 Å². The molecule has 0 aliphatic carbocycles. The minimum Gasteiger partial charge on any atom is -0.344 e. The zero-order valence-electron chi connectivity index (χ0n) is 15.1. The molecular formula is C20H19F3N4S. The molecule has 0 spiro atoms. The van der Waals surface area contributed by atoms with Gasteiger partial charge in [-0.3, -0.25) is 4.90 Å². The van der Waals surface area contributed by atoms with E-state index < -0.39 is 11.6 Å². The largest absolute Gasteiger partial charge is 0.344 e. The molecule has 0 amide bonds. The highest BCUT2D eigenvalue weighted by Gasteiger charge is 2.20. The van der Waals surface area contributed by atoms with E-state index in [4.69, 9.17) is 0 Å². The first-order valence-corrected chi connectivity index (χ1v) is 9.87. The molecule has 4 nitrogen and oxygen atoms in total. The number of nitrogens with zero attached hydrogens (tertiary/aromatic N) is 4. The molecule has 2 aromatic carbocycles. The van der Waals surface area contributed by atoms with Crippen LogP contribution in [-0.2, 0) is 6.42 Å². The quantitative estimate of drug-likeness (QED) is 0.644. The number of hydrogen-bond acceptors (Lipinski definition) is 5. The van der Waals surface area contributed by atoms with Crippen LogP contribution in [0.15, 0.2) is 42.5 Å². The lowest BCUT2D eigenvalue weighted by Crippen LogP contribution is -2.47. The van der Waals surface area contributed by atoms with Crippen molar-refractivity contribution in [3.63, 3.8) is 0 Å². The minimum atomic E-state index is -0.813. The third-order valence-corrected chi connectivity index (χ3v) is 5.62. The Bertz CT molecular complexity index is 954. The van der Waals surface area contributed by atoms with Gasteiger partial charge in [0.15, 0.2) is 17.5 Å². The SMILES string of the molecule is Fc1cccc(-c2nsc(N3CCN(CCc4ccc(F)c(F)c4)CC3)n2)c1. The summed E-state index contributed by atoms with van der Waals surface area (Å²) in [6, 6.07) is 10.3. The van der Waals surface area contributed by atoms with Crippen molar-refractivity contribution >= 4 is 16.7 Å². The summed E-state index contributed by atoms with van der Waals surface area (Å²) in [5.74, 6) is -1.37. The van der Waals surface area contributed by atoms with E-state index in [9.17, 15) is 13.2 Å². The summed E-state index contributed by atoms with van der Waals surface area (Å²) >= 11 is 1.32. The van der Waals surface area contributed by atoms with Crippen LogP contribution < -0.4 is 4.90 Å². The van der Waals surface area contributed by atoms with Crippen LogP contribution in [0.4, 0.5) is 18.3 Å². The molecule has 0 bridgehead atoms. The predicted octanol–water partition coefficient (Wildman–Crippen LogP) is 3.99. The molecule has 3 aromatic rings. The van der Waals surface area contributed by atoms with Crippen LogP contribution in [0, 0.1) is 17.5 Å². The summed E-state index contributed by atoms with van der Waals surface area (Å²) in [4.78, 5) is 9.03. The normalized spacial score (nSPS) is 15.2. The van der Waals surface area contributed by atoms with Gasteiger partial charge in [0.1, 0.15) is 5.82 Å². The third kappa shape index (κ3) is 4.34. The second kappa shape index (κ2) is 8.28. The van der Waals surface area contributed by atoms with Crippen molar-refractivity contribution in [1.82, 2.24) is 14.3 Å². The summed E-state index contributed by atoms with van der Waals surface area (Å²) < 4.78 is 44.1. The second-order valence-electron chi connectivity index (χ2n) is 6.74. The molecule has 0 saturated carbocycles. The van der Waals surface area contributed by atoms with Crippen molar-refractivity contribution in [3.8, 4) is 11.4 Å². The second-order valence-corrected chi connectivity index (χ2v) is 7.47. The molecule has 0 radical (unpaired) electrons. The van der Waals surface area contributed by atoms with Gasteiger partial charge in [-0.25, -0.2) is 13.2 Å². The van der Waals surface area contributed by atoms with Gasteiger partial charge in [0, 0.05) is 49.8 Å². The zero-order chi connectivity index (χ0) is 19.5. The highest BCUT2D eigenvalue weighted by atomic mass is 32.1. The van der Waals surface area contributed by atoms with Crippen LogP contribution in [-0.4, -0.2) is 47.0 Å². The first-order valence-electron chi connectivity index (χ1n) is 9.09. The van der Waals surface area contributed by atoms with Gasteiger partial charge in [-0.2, -0.15) is 9.36 Å². The van der Waals surface area contributed by atoms with E-state index in [1.54, 1.807) is 18.2 Å². The van der Waals surface area contributed by atoms with E-state index in [2.05, 4.69) is 19.2 Å². The van der Waals surface area contributed by atoms with Crippen LogP contribution in [0.1, 0.15) is 5.56 Å². The van der Waals surface area contributed by atoms with Crippen molar-refractivity contribution in [2.45, 2.75) is 6.42 Å². The van der Waals surface area contributed by atoms with Crippen LogP contribution in [0.2, 0.25) is 0 Å². The molecule has 2 heterocycles. The minimum absolute atomic E-state index is 0.302. The van der Waals surface area contributed by atoms with Gasteiger partial charge in [0.2, 0.25) is 5.13 Å². The fourth-order valence-electron chi connectivity index (χ4n) is 3.23. The lowest BCUT2D eigenvalue weighted by Gasteiger charge is -2.34. The number of halogens is 3. The molecular weight excluding hydrogens is 385 g/mol. The predicted molar refractivity (Wildman–Crippen MR) is 104 cm³/mol. The van der Waals surface area contributed by atoms with E-state index in [1.165, 1.54) is 35.8 Å². The lowest BCUT2D eigenvalue weighted by molar-refractivity contribution is 0.261. The number of hydrogen-bond donors (Lipinski definition) is 0. The van der Waals surface area contributed by atoms with Crippen molar-refractivity contribution in [2.24, 2.45) is 0 Å². The monoisotopic (exact) mass is 404 g/mol. The van der Waals surface area contributed by atoms with E-state index in [0.29, 0.717) is 17.8 Å². The molecule has 4 rings (SSSR count). The summed E-state index contributed by atoms with van der Waals surface area (Å²) in [6.45, 7) is 4.14. The van der Waals surface area contributed by atoms with Gasteiger partial charge in [0.05, 0.1) is 0 Å². The molecule has 8 heteroatoms. The van der Waals surface area contributed by atoms with Crippen LogP contribution in [0.25, 0.3) is 11.4 Å². The number of rotatable bonds is 5. The molecule has 0 N–H and O–H groups in total. The lowest BCUT2D eigenvalue weighted by atomic mass is 10.1. The van der Waals surface area contributed by atoms with E-state index >= 15 is 0 Å². The topological polar surface area (TPSA) is 32.3 Å². The Morgan fingerprint density at radius 3 is 2.50 bits per heavy atom. The van der Waals surface area contributed by atoms with E-state index in [1.807, 2.05) is 0 Å². The number of aromatic nitrogens is 2. The van der Waals surface area contributed by atoms with Crippen molar-refractivity contribution in [2.75, 3.05) is 37.6 Å². The van der Waals surface area contributed by atoms with E-state index in [0.717, 1.165) is 43.4 Å². The van der Waals surface area contributed by atoms with Gasteiger partial charge >= 0.3 is 0 Å². The molecule has 1 fully saturated rings. The zero-order valence-corrected chi connectivity index (χ0v) is 15.9. The average Bonchev–Trinajstić information content (AvgIpc) is 3.20. The van der Waals surface area contributed by atoms with Crippen molar-refractivity contribution in [3.05, 3.63) is 65.5 Å². The van der Waals surface area contributed by atoms with Gasteiger partial charge in [-0.05, 0) is 36.2 Å². The number of benzene rings is 2. The molecule has 1 saturated heterocycles. The summed E-state index contributed by atoms with van der Waals surface area (Å²) in [7, 11) is 0. The Labute approximate surface area is 165 Å². The molecule has 0 unspecified atom stereocenters. The maximum atomic E-state index is 13.4. The molecule has 1 aliphatic heterocycles. The standard InChI is InChI=1S/C20H19F3N4S/c21-16-3-1-2-15(13-16)19-24-20(28-25-19)27-10-8-26(9-11-27)7-6-14-4-5-17(22)18(23)12-14/h1-5,12-13H,6-11H2. The smallest absolute Gasteiger partial charge is 0.205 e.